The van der Waals surface area contributed by atoms with Crippen molar-refractivity contribution in [3.63, 3.8) is 0 Å². The molecule has 1 aromatic heterocycles. The molecule has 0 saturated carbocycles. The molecule has 0 radical (unpaired) electrons. The lowest BCUT2D eigenvalue weighted by molar-refractivity contribution is -0.111. The third-order valence-corrected chi connectivity index (χ3v) is 4.88. The van der Waals surface area contributed by atoms with Crippen molar-refractivity contribution in [1.29, 1.82) is 0 Å². The monoisotopic (exact) mass is 385 g/mol. The Bertz CT molecular complexity index is 1100. The van der Waals surface area contributed by atoms with E-state index < -0.39 is 5.56 Å². The summed E-state index contributed by atoms with van der Waals surface area (Å²) in [5.74, 6) is -0.551. The maximum Gasteiger partial charge on any atom is 0.279 e. The number of carbonyl (C=O) groups excluding carboxylic acids is 1. The Morgan fingerprint density at radius 2 is 1.81 bits per heavy atom. The van der Waals surface area contributed by atoms with Crippen LogP contribution in [0.25, 0.3) is 0 Å². The molecule has 0 fully saturated rings. The van der Waals surface area contributed by atoms with E-state index in [2.05, 4.69) is 10.2 Å². The van der Waals surface area contributed by atoms with Crippen LogP contribution in [0.15, 0.2) is 39.3 Å². The Balaban J connectivity index is 2.08. The van der Waals surface area contributed by atoms with Crippen molar-refractivity contribution in [2.75, 3.05) is 11.9 Å². The molecule has 0 spiro atoms. The number of nitrogens with zero attached hydrogens (tertiary/aromatic N) is 5. The predicted molar refractivity (Wildman–Crippen MR) is 107 cm³/mol. The zero-order valence-corrected chi connectivity index (χ0v) is 16.0. The first kappa shape index (κ1) is 18.7. The quantitative estimate of drug-likeness (QED) is 0.494. The van der Waals surface area contributed by atoms with Crippen LogP contribution >= 0.6 is 12.2 Å². The van der Waals surface area contributed by atoms with Gasteiger partial charge in [0.2, 0.25) is 5.88 Å². The van der Waals surface area contributed by atoms with E-state index in [9.17, 15) is 14.7 Å². The molecule has 3 rings (SSSR count). The maximum atomic E-state index is 12.6. The molecule has 1 N–H and O–H groups in total. The van der Waals surface area contributed by atoms with Gasteiger partial charge in [-0.3, -0.25) is 18.7 Å². The topological polar surface area (TPSA) is 92.2 Å². The van der Waals surface area contributed by atoms with Crippen molar-refractivity contribution in [3.8, 4) is 5.88 Å². The van der Waals surface area contributed by atoms with Crippen LogP contribution in [0.3, 0.4) is 0 Å². The number of para-hydroxylation sites is 1. The number of hydrogen-bond acceptors (Lipinski definition) is 6. The fourth-order valence-corrected chi connectivity index (χ4v) is 3.40. The number of hydrogen-bond donors (Lipinski definition) is 1. The summed E-state index contributed by atoms with van der Waals surface area (Å²) in [4.78, 5) is 26.4. The predicted octanol–water partition coefficient (Wildman–Crippen LogP) is 1.92. The zero-order chi connectivity index (χ0) is 19.7. The lowest BCUT2D eigenvalue weighted by Crippen LogP contribution is -2.28. The summed E-state index contributed by atoms with van der Waals surface area (Å²) in [5.41, 5.74) is 1.12. The molecule has 2 aromatic rings. The van der Waals surface area contributed by atoms with Gasteiger partial charge in [0.25, 0.3) is 11.5 Å². The number of likely N-dealkylation sites (N-methyl/N-ethyl adjacent to an activating group) is 1. The highest BCUT2D eigenvalue weighted by Crippen LogP contribution is 2.27. The molecule has 0 atom stereocenters. The average molecular weight is 385 g/mol. The minimum absolute atomic E-state index is 0.0243. The minimum atomic E-state index is -0.455. The number of fused-ring (bicyclic) bond motifs is 1. The third-order valence-electron chi connectivity index (χ3n) is 4.44. The number of aromatic nitrogens is 2. The van der Waals surface area contributed by atoms with Gasteiger partial charge in [0.15, 0.2) is 10.5 Å². The van der Waals surface area contributed by atoms with Crippen LogP contribution in [0.4, 0.5) is 5.69 Å². The molecule has 0 saturated heterocycles. The molecule has 1 aliphatic heterocycles. The van der Waals surface area contributed by atoms with E-state index in [4.69, 9.17) is 12.2 Å². The Hall–Kier alpha value is -3.07. The van der Waals surface area contributed by atoms with Crippen molar-refractivity contribution in [2.45, 2.75) is 26.9 Å². The molecule has 8 nitrogen and oxygen atoms in total. The van der Waals surface area contributed by atoms with Crippen LogP contribution in [-0.4, -0.2) is 39.1 Å². The Kier molecular flexibility index (Phi) is 5.04. The molecule has 27 heavy (non-hydrogen) atoms. The van der Waals surface area contributed by atoms with Gasteiger partial charge < -0.3 is 10.0 Å². The van der Waals surface area contributed by atoms with Crippen molar-refractivity contribution < 1.29 is 9.90 Å². The van der Waals surface area contributed by atoms with Crippen LogP contribution in [-0.2, 0) is 17.9 Å². The van der Waals surface area contributed by atoms with Gasteiger partial charge in [-0.25, -0.2) is 0 Å². The van der Waals surface area contributed by atoms with Crippen molar-refractivity contribution in [3.05, 3.63) is 50.5 Å². The fourth-order valence-electron chi connectivity index (χ4n) is 2.98. The van der Waals surface area contributed by atoms with Crippen LogP contribution < -0.4 is 10.5 Å². The average Bonchev–Trinajstić information content (AvgIpc) is 2.90. The summed E-state index contributed by atoms with van der Waals surface area (Å²) in [5, 5.41) is 18.3. The highest BCUT2D eigenvalue weighted by molar-refractivity contribution is 7.71. The minimum Gasteiger partial charge on any atom is -0.494 e. The smallest absolute Gasteiger partial charge is 0.279 e. The fraction of sp³-hybridized carbons (Fsp3) is 0.278. The van der Waals surface area contributed by atoms with Gasteiger partial charge in [-0.1, -0.05) is 18.2 Å². The first-order chi connectivity index (χ1) is 12.9. The maximum absolute atomic E-state index is 12.6. The number of anilines is 1. The normalized spacial score (nSPS) is 15.1. The van der Waals surface area contributed by atoms with Gasteiger partial charge in [0.1, 0.15) is 5.56 Å². The highest BCUT2D eigenvalue weighted by atomic mass is 32.1. The van der Waals surface area contributed by atoms with Gasteiger partial charge in [0.05, 0.1) is 11.9 Å². The second-order valence-corrected chi connectivity index (χ2v) is 6.25. The lowest BCUT2D eigenvalue weighted by Gasteiger charge is -2.13. The van der Waals surface area contributed by atoms with Crippen LogP contribution in [0.1, 0.15) is 25.0 Å². The second-order valence-electron chi connectivity index (χ2n) is 5.89. The van der Waals surface area contributed by atoms with E-state index >= 15 is 0 Å². The molecular weight excluding hydrogens is 366 g/mol. The summed E-state index contributed by atoms with van der Waals surface area (Å²) >= 11 is 5.24. The molecule has 1 aliphatic rings. The number of rotatable bonds is 4. The van der Waals surface area contributed by atoms with Crippen LogP contribution in [0.5, 0.6) is 5.88 Å². The van der Waals surface area contributed by atoms with Gasteiger partial charge >= 0.3 is 0 Å². The van der Waals surface area contributed by atoms with Crippen molar-refractivity contribution >= 4 is 35.7 Å². The van der Waals surface area contributed by atoms with E-state index in [1.807, 2.05) is 25.1 Å². The van der Waals surface area contributed by atoms with Gasteiger partial charge in [-0.2, -0.15) is 5.10 Å². The van der Waals surface area contributed by atoms with Crippen molar-refractivity contribution in [2.24, 2.45) is 10.2 Å². The molecule has 140 valence electrons. The molecule has 1 amide bonds. The second kappa shape index (κ2) is 7.28. The number of amides is 1. The van der Waals surface area contributed by atoms with Gasteiger partial charge in [-0.15, -0.1) is 5.10 Å². The highest BCUT2D eigenvalue weighted by Gasteiger charge is 2.31. The van der Waals surface area contributed by atoms with E-state index in [0.29, 0.717) is 18.7 Å². The molecule has 0 aliphatic carbocycles. The van der Waals surface area contributed by atoms with E-state index in [-0.39, 0.29) is 27.8 Å². The van der Waals surface area contributed by atoms with Crippen LogP contribution in [0, 0.1) is 4.77 Å². The van der Waals surface area contributed by atoms with Gasteiger partial charge in [0, 0.05) is 25.7 Å². The molecule has 0 unspecified atom stereocenters. The number of benzene rings is 1. The standard InChI is InChI=1S/C18H19N5O3S/c1-4-22-15(24)12(16(25)23(5-2)18(22)27)10-19-20-14-11-8-6-7-9-13(11)21(3)17(14)26/h6-10,24H,4-5H2,1-3H3/b19-10-,20-14+. The Labute approximate surface area is 160 Å². The molecular formula is C18H19N5O3S. The lowest BCUT2D eigenvalue weighted by atomic mass is 10.1. The molecule has 1 aromatic carbocycles. The van der Waals surface area contributed by atoms with E-state index in [1.54, 1.807) is 20.0 Å². The molecule has 9 heteroatoms. The molecule has 2 heterocycles. The van der Waals surface area contributed by atoms with Crippen LogP contribution in [0.2, 0.25) is 0 Å². The Morgan fingerprint density at radius 1 is 1.15 bits per heavy atom. The summed E-state index contributed by atoms with van der Waals surface area (Å²) in [7, 11) is 1.66. The number of carbonyl (C=O) groups is 1. The summed E-state index contributed by atoms with van der Waals surface area (Å²) in [6.07, 6.45) is 1.16. The summed E-state index contributed by atoms with van der Waals surface area (Å²) in [6, 6.07) is 7.24. The molecule has 0 bridgehead atoms. The largest absolute Gasteiger partial charge is 0.494 e. The number of aromatic hydroxyl groups is 1. The third kappa shape index (κ3) is 2.99. The summed E-state index contributed by atoms with van der Waals surface area (Å²) in [6.45, 7) is 4.37. The summed E-state index contributed by atoms with van der Waals surface area (Å²) < 4.78 is 3.06. The first-order valence-electron chi connectivity index (χ1n) is 8.47. The van der Waals surface area contributed by atoms with Crippen molar-refractivity contribution in [1.82, 2.24) is 9.13 Å². The van der Waals surface area contributed by atoms with Gasteiger partial charge in [-0.05, 0) is 32.1 Å². The first-order valence-corrected chi connectivity index (χ1v) is 8.88. The zero-order valence-electron chi connectivity index (χ0n) is 15.2. The Morgan fingerprint density at radius 3 is 2.48 bits per heavy atom. The van der Waals surface area contributed by atoms with E-state index in [0.717, 1.165) is 11.9 Å². The van der Waals surface area contributed by atoms with E-state index in [1.165, 1.54) is 14.0 Å². The SMILES string of the molecule is CCn1c(O)c(/C=N\N=C2\C(=O)N(C)c3ccccc32)c(=O)n(CC)c1=S.